The van der Waals surface area contributed by atoms with Gasteiger partial charge in [0.2, 0.25) is 0 Å². The highest BCUT2D eigenvalue weighted by molar-refractivity contribution is 5.78. The fourth-order valence-electron chi connectivity index (χ4n) is 3.91. The first-order chi connectivity index (χ1) is 11.8. The number of benzene rings is 1. The van der Waals surface area contributed by atoms with Crippen LogP contribution in [0.15, 0.2) is 35.3 Å². The molecule has 1 heterocycles. The smallest absolute Gasteiger partial charge is 0.189 e. The van der Waals surface area contributed by atoms with Crippen molar-refractivity contribution in [2.24, 2.45) is 10.7 Å². The summed E-state index contributed by atoms with van der Waals surface area (Å²) in [6.45, 7) is 0.563. The monoisotopic (exact) mass is 323 g/mol. The molecule has 0 bridgehead atoms. The largest absolute Gasteiger partial charge is 0.370 e. The summed E-state index contributed by atoms with van der Waals surface area (Å²) < 4.78 is 2.09. The Labute approximate surface area is 143 Å². The van der Waals surface area contributed by atoms with Crippen molar-refractivity contribution in [1.82, 2.24) is 15.1 Å². The molecule has 0 aliphatic heterocycles. The van der Waals surface area contributed by atoms with Crippen LogP contribution in [0.4, 0.5) is 0 Å². The van der Waals surface area contributed by atoms with Crippen molar-refractivity contribution in [3.8, 4) is 5.69 Å². The third kappa shape index (κ3) is 3.03. The van der Waals surface area contributed by atoms with Crippen molar-refractivity contribution in [3.05, 3.63) is 47.3 Å². The Balaban J connectivity index is 1.53. The van der Waals surface area contributed by atoms with Crippen LogP contribution in [0.5, 0.6) is 0 Å². The van der Waals surface area contributed by atoms with Gasteiger partial charge in [0, 0.05) is 11.7 Å². The first-order valence-corrected chi connectivity index (χ1v) is 9.03. The van der Waals surface area contributed by atoms with Gasteiger partial charge in [-0.25, -0.2) is 9.67 Å². The number of fused-ring (bicyclic) bond motifs is 1. The van der Waals surface area contributed by atoms with E-state index in [1.807, 2.05) is 6.07 Å². The molecule has 2 aliphatic carbocycles. The van der Waals surface area contributed by atoms with E-state index in [2.05, 4.69) is 39.3 Å². The lowest BCUT2D eigenvalue weighted by atomic mass is 10.2. The van der Waals surface area contributed by atoms with Crippen molar-refractivity contribution in [1.29, 1.82) is 0 Å². The highest BCUT2D eigenvalue weighted by Gasteiger charge is 2.23. The quantitative estimate of drug-likeness (QED) is 0.671. The minimum absolute atomic E-state index is 0.501. The molecule has 4 rings (SSSR count). The molecule has 0 spiro atoms. The standard InChI is InChI=1S/C19H25N5/c20-19(22-14-7-4-5-8-14)21-13-17-16-11-6-12-18(16)24(23-17)15-9-2-1-3-10-15/h1-3,9-10,14H,4-8,11-13H2,(H3,20,21,22). The molecule has 24 heavy (non-hydrogen) atoms. The highest BCUT2D eigenvalue weighted by atomic mass is 15.3. The molecule has 1 aromatic carbocycles. The number of guanidine groups is 1. The molecule has 126 valence electrons. The number of para-hydroxylation sites is 1. The van der Waals surface area contributed by atoms with Crippen LogP contribution in [0.2, 0.25) is 0 Å². The number of nitrogens with one attached hydrogen (secondary N) is 1. The zero-order valence-corrected chi connectivity index (χ0v) is 14.0. The molecular weight excluding hydrogens is 298 g/mol. The summed E-state index contributed by atoms with van der Waals surface area (Å²) in [6, 6.07) is 10.9. The Bertz CT molecular complexity index is 726. The second kappa shape index (κ2) is 6.67. The van der Waals surface area contributed by atoms with Gasteiger partial charge >= 0.3 is 0 Å². The van der Waals surface area contributed by atoms with Gasteiger partial charge < -0.3 is 11.1 Å². The van der Waals surface area contributed by atoms with Crippen molar-refractivity contribution >= 4 is 5.96 Å². The molecular formula is C19H25N5. The van der Waals surface area contributed by atoms with Crippen LogP contribution in [-0.2, 0) is 19.4 Å². The molecule has 5 heteroatoms. The molecule has 0 amide bonds. The maximum atomic E-state index is 6.07. The number of hydrogen-bond acceptors (Lipinski definition) is 2. The van der Waals surface area contributed by atoms with Crippen LogP contribution < -0.4 is 11.1 Å². The zero-order chi connectivity index (χ0) is 16.4. The van der Waals surface area contributed by atoms with Crippen molar-refractivity contribution in [3.63, 3.8) is 0 Å². The second-order valence-electron chi connectivity index (χ2n) is 6.80. The maximum absolute atomic E-state index is 6.07. The summed E-state index contributed by atoms with van der Waals surface area (Å²) in [7, 11) is 0. The number of aliphatic imine (C=N–C) groups is 1. The average Bonchev–Trinajstić information content (AvgIpc) is 3.32. The van der Waals surface area contributed by atoms with Crippen LogP contribution in [0.1, 0.15) is 49.1 Å². The number of nitrogens with two attached hydrogens (primary N) is 1. The van der Waals surface area contributed by atoms with Gasteiger partial charge in [-0.3, -0.25) is 0 Å². The average molecular weight is 323 g/mol. The molecule has 0 unspecified atom stereocenters. The summed E-state index contributed by atoms with van der Waals surface area (Å²) >= 11 is 0. The molecule has 0 radical (unpaired) electrons. The Morgan fingerprint density at radius 2 is 1.96 bits per heavy atom. The van der Waals surface area contributed by atoms with Crippen LogP contribution in [0, 0.1) is 0 Å². The fraction of sp³-hybridized carbons (Fsp3) is 0.474. The maximum Gasteiger partial charge on any atom is 0.189 e. The molecule has 2 aliphatic rings. The predicted molar refractivity (Wildman–Crippen MR) is 96.3 cm³/mol. The van der Waals surface area contributed by atoms with E-state index in [9.17, 15) is 0 Å². The van der Waals surface area contributed by atoms with E-state index in [0.29, 0.717) is 18.5 Å². The third-order valence-corrected chi connectivity index (χ3v) is 5.12. The van der Waals surface area contributed by atoms with E-state index >= 15 is 0 Å². The van der Waals surface area contributed by atoms with Crippen LogP contribution in [0.25, 0.3) is 5.69 Å². The summed E-state index contributed by atoms with van der Waals surface area (Å²) in [5.41, 5.74) is 11.0. The normalized spacial score (nSPS) is 18.1. The molecule has 1 aromatic heterocycles. The van der Waals surface area contributed by atoms with Crippen molar-refractivity contribution in [2.45, 2.75) is 57.5 Å². The van der Waals surface area contributed by atoms with Gasteiger partial charge in [0.1, 0.15) is 0 Å². The lowest BCUT2D eigenvalue weighted by Gasteiger charge is -2.12. The lowest BCUT2D eigenvalue weighted by molar-refractivity contribution is 0.624. The van der Waals surface area contributed by atoms with Gasteiger partial charge in [-0.1, -0.05) is 31.0 Å². The molecule has 3 N–H and O–H groups in total. The first kappa shape index (κ1) is 15.2. The Morgan fingerprint density at radius 3 is 2.75 bits per heavy atom. The number of hydrogen-bond donors (Lipinski definition) is 2. The van der Waals surface area contributed by atoms with Gasteiger partial charge in [-0.2, -0.15) is 5.10 Å². The molecule has 2 aromatic rings. The van der Waals surface area contributed by atoms with Crippen LogP contribution in [-0.4, -0.2) is 21.8 Å². The van der Waals surface area contributed by atoms with Gasteiger partial charge in [-0.15, -0.1) is 0 Å². The first-order valence-electron chi connectivity index (χ1n) is 9.03. The van der Waals surface area contributed by atoms with E-state index in [1.54, 1.807) is 0 Å². The van der Waals surface area contributed by atoms with E-state index in [4.69, 9.17) is 10.8 Å². The van der Waals surface area contributed by atoms with Crippen molar-refractivity contribution < 1.29 is 0 Å². The SMILES string of the molecule is NC(=NCc1nn(-c2ccccc2)c2c1CCC2)NC1CCCC1. The van der Waals surface area contributed by atoms with Crippen molar-refractivity contribution in [2.75, 3.05) is 0 Å². The third-order valence-electron chi connectivity index (χ3n) is 5.12. The molecule has 1 saturated carbocycles. The highest BCUT2D eigenvalue weighted by Crippen LogP contribution is 2.28. The van der Waals surface area contributed by atoms with Gasteiger partial charge in [0.15, 0.2) is 5.96 Å². The van der Waals surface area contributed by atoms with E-state index < -0.39 is 0 Å². The summed E-state index contributed by atoms with van der Waals surface area (Å²) in [5.74, 6) is 0.558. The Hall–Kier alpha value is -2.30. The summed E-state index contributed by atoms with van der Waals surface area (Å²) in [5, 5.41) is 8.18. The summed E-state index contributed by atoms with van der Waals surface area (Å²) in [4.78, 5) is 4.55. The van der Waals surface area contributed by atoms with Gasteiger partial charge in [0.25, 0.3) is 0 Å². The van der Waals surface area contributed by atoms with E-state index in [0.717, 1.165) is 24.2 Å². The number of rotatable bonds is 4. The van der Waals surface area contributed by atoms with E-state index in [-0.39, 0.29) is 0 Å². The summed E-state index contributed by atoms with van der Waals surface area (Å²) in [6.07, 6.45) is 8.38. The second-order valence-corrected chi connectivity index (χ2v) is 6.80. The number of aromatic nitrogens is 2. The predicted octanol–water partition coefficient (Wildman–Crippen LogP) is 2.71. The lowest BCUT2D eigenvalue weighted by Crippen LogP contribution is -2.38. The molecule has 0 saturated heterocycles. The Morgan fingerprint density at radius 1 is 1.17 bits per heavy atom. The number of nitrogens with zero attached hydrogens (tertiary/aromatic N) is 3. The van der Waals surface area contributed by atoms with E-state index in [1.165, 1.54) is 43.4 Å². The van der Waals surface area contributed by atoms with Crippen LogP contribution >= 0.6 is 0 Å². The zero-order valence-electron chi connectivity index (χ0n) is 14.0. The van der Waals surface area contributed by atoms with Gasteiger partial charge in [-0.05, 0) is 49.8 Å². The van der Waals surface area contributed by atoms with Crippen LogP contribution in [0.3, 0.4) is 0 Å². The Kier molecular flexibility index (Phi) is 4.24. The minimum atomic E-state index is 0.501. The minimum Gasteiger partial charge on any atom is -0.370 e. The van der Waals surface area contributed by atoms with Gasteiger partial charge in [0.05, 0.1) is 17.9 Å². The molecule has 1 fully saturated rings. The molecule has 0 atom stereocenters. The molecule has 5 nitrogen and oxygen atoms in total. The fourth-order valence-corrected chi connectivity index (χ4v) is 3.91. The topological polar surface area (TPSA) is 68.2 Å².